The summed E-state index contributed by atoms with van der Waals surface area (Å²) in [6.45, 7) is 4.89. The molecule has 1 aliphatic heterocycles. The van der Waals surface area contributed by atoms with Gasteiger partial charge in [0.15, 0.2) is 17.3 Å². The van der Waals surface area contributed by atoms with E-state index in [0.29, 0.717) is 31.4 Å². The van der Waals surface area contributed by atoms with Gasteiger partial charge in [0, 0.05) is 17.2 Å². The van der Waals surface area contributed by atoms with Crippen molar-refractivity contribution in [1.82, 2.24) is 10.2 Å². The number of fused-ring (bicyclic) bond motifs is 1. The molecule has 0 spiro atoms. The summed E-state index contributed by atoms with van der Waals surface area (Å²) in [5.41, 5.74) is 3.21. The van der Waals surface area contributed by atoms with Gasteiger partial charge in [0.25, 0.3) is 0 Å². The lowest BCUT2D eigenvalue weighted by Crippen LogP contribution is -2.33. The zero-order valence-electron chi connectivity index (χ0n) is 14.6. The van der Waals surface area contributed by atoms with E-state index >= 15 is 0 Å². The predicted molar refractivity (Wildman–Crippen MR) is 94.2 cm³/mol. The molecule has 1 aromatic carbocycles. The molecule has 1 atom stereocenters. The van der Waals surface area contributed by atoms with Crippen LogP contribution in [-0.4, -0.2) is 29.3 Å². The Bertz CT molecular complexity index is 795. The normalized spacial score (nSPS) is 19.0. The van der Waals surface area contributed by atoms with Crippen LogP contribution in [-0.2, 0) is 11.2 Å². The molecule has 2 aromatic rings. The number of anilines is 1. The third kappa shape index (κ3) is 3.08. The van der Waals surface area contributed by atoms with Crippen LogP contribution in [0.25, 0.3) is 0 Å². The van der Waals surface area contributed by atoms with Crippen molar-refractivity contribution in [3.8, 4) is 11.5 Å². The number of aromatic amines is 1. The molecular weight excluding hydrogens is 318 g/mol. The van der Waals surface area contributed by atoms with Crippen LogP contribution in [0.2, 0.25) is 0 Å². The highest BCUT2D eigenvalue weighted by Crippen LogP contribution is 2.42. The van der Waals surface area contributed by atoms with Crippen molar-refractivity contribution in [2.24, 2.45) is 5.92 Å². The molecule has 0 unspecified atom stereocenters. The lowest BCUT2D eigenvalue weighted by molar-refractivity contribution is -0.121. The summed E-state index contributed by atoms with van der Waals surface area (Å²) in [4.78, 5) is 12.7. The van der Waals surface area contributed by atoms with Crippen LogP contribution in [0.3, 0.4) is 0 Å². The van der Waals surface area contributed by atoms with Crippen molar-refractivity contribution >= 4 is 11.7 Å². The van der Waals surface area contributed by atoms with Crippen molar-refractivity contribution < 1.29 is 14.3 Å². The van der Waals surface area contributed by atoms with Crippen molar-refractivity contribution in [2.75, 3.05) is 18.5 Å². The molecule has 1 aliphatic carbocycles. The zero-order chi connectivity index (χ0) is 17.4. The number of nitrogens with zero attached hydrogens (tertiary/aromatic N) is 1. The highest BCUT2D eigenvalue weighted by molar-refractivity contribution is 5.93. The average molecular weight is 341 g/mol. The van der Waals surface area contributed by atoms with E-state index in [-0.39, 0.29) is 11.8 Å². The smallest absolute Gasteiger partial charge is 0.232 e. The maximum Gasteiger partial charge on any atom is 0.232 e. The lowest BCUT2D eigenvalue weighted by atomic mass is 9.95. The van der Waals surface area contributed by atoms with E-state index in [1.54, 1.807) is 0 Å². The van der Waals surface area contributed by atoms with Gasteiger partial charge in [-0.1, -0.05) is 12.1 Å². The maximum absolute atomic E-state index is 12.7. The number of para-hydroxylation sites is 1. The van der Waals surface area contributed by atoms with Gasteiger partial charge in [-0.2, -0.15) is 5.10 Å². The molecule has 1 fully saturated rings. The van der Waals surface area contributed by atoms with Crippen molar-refractivity contribution in [2.45, 2.75) is 39.0 Å². The minimum atomic E-state index is -0.232. The Labute approximate surface area is 146 Å². The minimum absolute atomic E-state index is 0.0515. The molecular formula is C19H23N3O3. The highest BCUT2D eigenvalue weighted by atomic mass is 16.5. The van der Waals surface area contributed by atoms with Crippen LogP contribution in [0.1, 0.15) is 42.5 Å². The van der Waals surface area contributed by atoms with E-state index in [2.05, 4.69) is 15.5 Å². The summed E-state index contributed by atoms with van der Waals surface area (Å²) in [6.07, 6.45) is 3.04. The predicted octanol–water partition coefficient (Wildman–Crippen LogP) is 3.18. The first kappa shape index (κ1) is 16.0. The quantitative estimate of drug-likeness (QED) is 0.876. The van der Waals surface area contributed by atoms with Gasteiger partial charge in [0.1, 0.15) is 6.61 Å². The number of hydrogen-bond acceptors (Lipinski definition) is 4. The first-order chi connectivity index (χ1) is 12.2. The molecule has 2 heterocycles. The van der Waals surface area contributed by atoms with Crippen molar-refractivity contribution in [3.05, 3.63) is 35.0 Å². The number of carbonyl (C=O) groups excluding carboxylic acids is 1. The van der Waals surface area contributed by atoms with Gasteiger partial charge in [-0.25, -0.2) is 0 Å². The first-order valence-corrected chi connectivity index (χ1v) is 8.90. The molecule has 0 saturated heterocycles. The summed E-state index contributed by atoms with van der Waals surface area (Å²) < 4.78 is 11.5. The summed E-state index contributed by atoms with van der Waals surface area (Å²) in [6, 6.07) is 5.82. The zero-order valence-corrected chi connectivity index (χ0v) is 14.6. The average Bonchev–Trinajstić information content (AvgIpc) is 3.40. The molecule has 0 bridgehead atoms. The van der Waals surface area contributed by atoms with Gasteiger partial charge in [0.2, 0.25) is 5.91 Å². The van der Waals surface area contributed by atoms with Gasteiger partial charge in [-0.3, -0.25) is 9.89 Å². The number of H-pyrrole nitrogens is 1. The standard InChI is InChI=1S/C19H23N3O3/c1-3-24-15-6-4-5-13-9-14(10-25-17(13)15)19(23)20-18-11(2)16(21-22-18)12-7-8-12/h4-6,12,14H,3,7-10H2,1-2H3,(H2,20,21,22,23)/t14-/m1/s1. The third-order valence-electron chi connectivity index (χ3n) is 4.90. The van der Waals surface area contributed by atoms with Crippen LogP contribution in [0, 0.1) is 12.8 Å². The molecule has 1 amide bonds. The van der Waals surface area contributed by atoms with E-state index < -0.39 is 0 Å². The Morgan fingerprint density at radius 3 is 3.04 bits per heavy atom. The molecule has 25 heavy (non-hydrogen) atoms. The van der Waals surface area contributed by atoms with E-state index in [1.165, 1.54) is 12.8 Å². The second-order valence-corrected chi connectivity index (χ2v) is 6.76. The molecule has 0 radical (unpaired) electrons. The number of hydrogen-bond donors (Lipinski definition) is 2. The molecule has 132 valence electrons. The largest absolute Gasteiger partial charge is 0.490 e. The molecule has 2 aliphatic rings. The Kier molecular flexibility index (Phi) is 4.11. The van der Waals surface area contributed by atoms with E-state index in [4.69, 9.17) is 9.47 Å². The molecule has 6 heteroatoms. The molecule has 6 nitrogen and oxygen atoms in total. The van der Waals surface area contributed by atoms with Crippen LogP contribution in [0.4, 0.5) is 5.82 Å². The lowest BCUT2D eigenvalue weighted by Gasteiger charge is -2.26. The summed E-state index contributed by atoms with van der Waals surface area (Å²) in [7, 11) is 0. The van der Waals surface area contributed by atoms with E-state index in [9.17, 15) is 4.79 Å². The van der Waals surface area contributed by atoms with Crippen LogP contribution < -0.4 is 14.8 Å². The van der Waals surface area contributed by atoms with Crippen LogP contribution >= 0.6 is 0 Å². The van der Waals surface area contributed by atoms with E-state index in [1.807, 2.05) is 32.0 Å². The van der Waals surface area contributed by atoms with Gasteiger partial charge >= 0.3 is 0 Å². The number of amides is 1. The number of nitrogens with one attached hydrogen (secondary N) is 2. The Hall–Kier alpha value is -2.50. The van der Waals surface area contributed by atoms with Gasteiger partial charge in [-0.05, 0) is 44.7 Å². The number of benzene rings is 1. The highest BCUT2D eigenvalue weighted by Gasteiger charge is 2.31. The number of rotatable bonds is 5. The maximum atomic E-state index is 12.7. The monoisotopic (exact) mass is 341 g/mol. The number of aromatic nitrogens is 2. The Morgan fingerprint density at radius 2 is 2.28 bits per heavy atom. The molecule has 4 rings (SSSR count). The molecule has 2 N–H and O–H groups in total. The Morgan fingerprint density at radius 1 is 1.44 bits per heavy atom. The number of carbonyl (C=O) groups is 1. The fourth-order valence-electron chi connectivity index (χ4n) is 3.35. The van der Waals surface area contributed by atoms with Crippen molar-refractivity contribution in [1.29, 1.82) is 0 Å². The van der Waals surface area contributed by atoms with Gasteiger partial charge < -0.3 is 14.8 Å². The summed E-state index contributed by atoms with van der Waals surface area (Å²) in [5.74, 6) is 2.45. The second kappa shape index (κ2) is 6.43. The van der Waals surface area contributed by atoms with Crippen LogP contribution in [0.15, 0.2) is 18.2 Å². The minimum Gasteiger partial charge on any atom is -0.490 e. The van der Waals surface area contributed by atoms with E-state index in [0.717, 1.165) is 28.3 Å². The second-order valence-electron chi connectivity index (χ2n) is 6.76. The number of ether oxygens (including phenoxy) is 2. The topological polar surface area (TPSA) is 76.2 Å². The van der Waals surface area contributed by atoms with Gasteiger partial charge in [0.05, 0.1) is 12.5 Å². The fourth-order valence-corrected chi connectivity index (χ4v) is 3.35. The molecule has 1 aromatic heterocycles. The first-order valence-electron chi connectivity index (χ1n) is 8.90. The fraction of sp³-hybridized carbons (Fsp3) is 0.474. The van der Waals surface area contributed by atoms with Gasteiger partial charge in [-0.15, -0.1) is 0 Å². The molecule has 1 saturated carbocycles. The third-order valence-corrected chi connectivity index (χ3v) is 4.90. The Balaban J connectivity index is 1.46. The van der Waals surface area contributed by atoms with Crippen LogP contribution in [0.5, 0.6) is 11.5 Å². The summed E-state index contributed by atoms with van der Waals surface area (Å²) >= 11 is 0. The SMILES string of the molecule is CCOc1cccc2c1OC[C@H](C(=O)Nc1n[nH]c(C3CC3)c1C)C2. The van der Waals surface area contributed by atoms with Crippen molar-refractivity contribution in [3.63, 3.8) is 0 Å². The summed E-state index contributed by atoms with van der Waals surface area (Å²) in [5, 5.41) is 10.3.